The van der Waals surface area contributed by atoms with Gasteiger partial charge in [0, 0.05) is 30.9 Å². The van der Waals surface area contributed by atoms with E-state index in [1.165, 1.54) is 0 Å². The summed E-state index contributed by atoms with van der Waals surface area (Å²) in [5, 5.41) is 9.80. The van der Waals surface area contributed by atoms with Crippen molar-refractivity contribution in [2.24, 2.45) is 0 Å². The Hall–Kier alpha value is -3.19. The molecule has 0 amide bonds. The zero-order valence-corrected chi connectivity index (χ0v) is 14.8. The highest BCUT2D eigenvalue weighted by molar-refractivity contribution is 5.63. The minimum absolute atomic E-state index is 0.190. The molecular formula is C20H20N4O3. The molecular weight excluding hydrogens is 344 g/mol. The van der Waals surface area contributed by atoms with Gasteiger partial charge in [-0.15, -0.1) is 0 Å². The van der Waals surface area contributed by atoms with E-state index in [-0.39, 0.29) is 5.75 Å². The van der Waals surface area contributed by atoms with E-state index in [2.05, 4.69) is 19.9 Å². The molecule has 1 aliphatic heterocycles. The van der Waals surface area contributed by atoms with Gasteiger partial charge in [-0.2, -0.15) is 4.98 Å². The maximum atomic E-state index is 9.80. The van der Waals surface area contributed by atoms with Crippen molar-refractivity contribution in [3.05, 3.63) is 60.4 Å². The molecule has 7 heteroatoms. The number of hydrogen-bond acceptors (Lipinski definition) is 7. The predicted molar refractivity (Wildman–Crippen MR) is 101 cm³/mol. The van der Waals surface area contributed by atoms with Crippen LogP contribution in [0.4, 0.5) is 5.95 Å². The molecule has 0 aliphatic carbocycles. The summed E-state index contributed by atoms with van der Waals surface area (Å²) in [5.41, 5.74) is 2.32. The van der Waals surface area contributed by atoms with Crippen molar-refractivity contribution in [2.45, 2.75) is 6.61 Å². The van der Waals surface area contributed by atoms with E-state index in [1.807, 2.05) is 24.3 Å². The van der Waals surface area contributed by atoms with Crippen molar-refractivity contribution < 1.29 is 14.6 Å². The van der Waals surface area contributed by atoms with Crippen LogP contribution in [0.25, 0.3) is 11.3 Å². The van der Waals surface area contributed by atoms with Gasteiger partial charge in [-0.25, -0.2) is 4.98 Å². The lowest BCUT2D eigenvalue weighted by Crippen LogP contribution is -2.37. The van der Waals surface area contributed by atoms with Crippen LogP contribution in [0.3, 0.4) is 0 Å². The molecule has 27 heavy (non-hydrogen) atoms. The third kappa shape index (κ3) is 4.32. The molecule has 1 saturated heterocycles. The van der Waals surface area contributed by atoms with Gasteiger partial charge in [0.25, 0.3) is 0 Å². The molecule has 0 atom stereocenters. The number of hydrogen-bond donors (Lipinski definition) is 1. The van der Waals surface area contributed by atoms with Gasteiger partial charge in [-0.3, -0.25) is 4.98 Å². The van der Waals surface area contributed by atoms with Gasteiger partial charge in [0.2, 0.25) is 11.8 Å². The Morgan fingerprint density at radius 1 is 1.04 bits per heavy atom. The standard InChI is InChI=1S/C20H20N4O3/c25-17-6-3-4-15(12-17)18-13-19(27-14-16-5-1-2-7-21-16)23-20(22-18)24-8-10-26-11-9-24/h1-7,12-13,25H,8-11,14H2. The van der Waals surface area contributed by atoms with Gasteiger partial charge in [-0.05, 0) is 24.3 Å². The summed E-state index contributed by atoms with van der Waals surface area (Å²) < 4.78 is 11.3. The Balaban J connectivity index is 1.65. The van der Waals surface area contributed by atoms with Crippen LogP contribution in [0.5, 0.6) is 11.6 Å². The van der Waals surface area contributed by atoms with E-state index in [4.69, 9.17) is 9.47 Å². The summed E-state index contributed by atoms with van der Waals surface area (Å²) in [5.74, 6) is 1.25. The Kier molecular flexibility index (Phi) is 5.11. The molecule has 0 bridgehead atoms. The summed E-state index contributed by atoms with van der Waals surface area (Å²) in [7, 11) is 0. The molecule has 7 nitrogen and oxygen atoms in total. The van der Waals surface area contributed by atoms with E-state index in [0.29, 0.717) is 37.3 Å². The van der Waals surface area contributed by atoms with E-state index in [9.17, 15) is 5.11 Å². The molecule has 0 saturated carbocycles. The number of morpholine rings is 1. The number of anilines is 1. The third-order valence-electron chi connectivity index (χ3n) is 4.22. The lowest BCUT2D eigenvalue weighted by atomic mass is 10.1. The van der Waals surface area contributed by atoms with Gasteiger partial charge < -0.3 is 19.5 Å². The Bertz CT molecular complexity index is 899. The van der Waals surface area contributed by atoms with Gasteiger partial charge in [0.15, 0.2) is 0 Å². The molecule has 4 rings (SSSR count). The highest BCUT2D eigenvalue weighted by Crippen LogP contribution is 2.27. The van der Waals surface area contributed by atoms with Crippen LogP contribution in [0, 0.1) is 0 Å². The molecule has 2 aromatic heterocycles. The SMILES string of the molecule is Oc1cccc(-c2cc(OCc3ccccn3)nc(N3CCOCC3)n2)c1. The number of pyridine rings is 1. The van der Waals surface area contributed by atoms with Crippen LogP contribution >= 0.6 is 0 Å². The van der Waals surface area contributed by atoms with Gasteiger partial charge in [-0.1, -0.05) is 18.2 Å². The summed E-state index contributed by atoms with van der Waals surface area (Å²) in [6.07, 6.45) is 1.73. The topological polar surface area (TPSA) is 80.6 Å². The van der Waals surface area contributed by atoms with Crippen molar-refractivity contribution in [2.75, 3.05) is 31.2 Å². The van der Waals surface area contributed by atoms with E-state index in [1.54, 1.807) is 30.5 Å². The number of nitrogens with zero attached hydrogens (tertiary/aromatic N) is 4. The highest BCUT2D eigenvalue weighted by atomic mass is 16.5. The maximum Gasteiger partial charge on any atom is 0.229 e. The number of phenols is 1. The monoisotopic (exact) mass is 364 g/mol. The normalized spacial score (nSPS) is 14.1. The largest absolute Gasteiger partial charge is 0.508 e. The zero-order valence-electron chi connectivity index (χ0n) is 14.8. The van der Waals surface area contributed by atoms with Crippen LogP contribution in [0.2, 0.25) is 0 Å². The first-order chi connectivity index (χ1) is 13.3. The minimum atomic E-state index is 0.190. The molecule has 1 fully saturated rings. The Labute approximate surface area is 157 Å². The van der Waals surface area contributed by atoms with Crippen LogP contribution in [-0.4, -0.2) is 46.4 Å². The molecule has 3 heterocycles. The molecule has 1 N–H and O–H groups in total. The first-order valence-electron chi connectivity index (χ1n) is 8.82. The highest BCUT2D eigenvalue weighted by Gasteiger charge is 2.17. The van der Waals surface area contributed by atoms with E-state index in [0.717, 1.165) is 24.3 Å². The van der Waals surface area contributed by atoms with E-state index < -0.39 is 0 Å². The average molecular weight is 364 g/mol. The zero-order chi connectivity index (χ0) is 18.5. The Morgan fingerprint density at radius 2 is 1.93 bits per heavy atom. The van der Waals surface area contributed by atoms with Gasteiger partial charge >= 0.3 is 0 Å². The van der Waals surface area contributed by atoms with Crippen molar-refractivity contribution in [1.29, 1.82) is 0 Å². The first kappa shape index (κ1) is 17.2. The number of rotatable bonds is 5. The molecule has 0 spiro atoms. The summed E-state index contributed by atoms with van der Waals surface area (Å²) in [6.45, 7) is 3.06. The number of benzene rings is 1. The van der Waals surface area contributed by atoms with Crippen molar-refractivity contribution in [3.8, 4) is 22.9 Å². The van der Waals surface area contributed by atoms with Crippen LogP contribution < -0.4 is 9.64 Å². The molecule has 138 valence electrons. The molecule has 1 aliphatic rings. The van der Waals surface area contributed by atoms with Crippen molar-refractivity contribution >= 4 is 5.95 Å². The first-order valence-corrected chi connectivity index (χ1v) is 8.82. The molecule has 3 aromatic rings. The van der Waals surface area contributed by atoms with Crippen LogP contribution in [0.15, 0.2) is 54.7 Å². The van der Waals surface area contributed by atoms with Gasteiger partial charge in [0.1, 0.15) is 12.4 Å². The smallest absolute Gasteiger partial charge is 0.229 e. The second-order valence-corrected chi connectivity index (χ2v) is 6.15. The number of aromatic hydroxyl groups is 1. The van der Waals surface area contributed by atoms with Crippen molar-refractivity contribution in [1.82, 2.24) is 15.0 Å². The molecule has 0 unspecified atom stereocenters. The molecule has 1 aromatic carbocycles. The van der Waals surface area contributed by atoms with E-state index >= 15 is 0 Å². The fourth-order valence-electron chi connectivity index (χ4n) is 2.84. The summed E-state index contributed by atoms with van der Waals surface area (Å²) in [6, 6.07) is 14.5. The number of aromatic nitrogens is 3. The quantitative estimate of drug-likeness (QED) is 0.745. The maximum absolute atomic E-state index is 9.80. The number of phenolic OH excluding ortho intramolecular Hbond substituents is 1. The fourth-order valence-corrected chi connectivity index (χ4v) is 2.84. The average Bonchev–Trinajstić information content (AvgIpc) is 2.73. The predicted octanol–water partition coefficient (Wildman–Crippen LogP) is 2.66. The van der Waals surface area contributed by atoms with Crippen LogP contribution in [-0.2, 0) is 11.3 Å². The second kappa shape index (κ2) is 8.01. The van der Waals surface area contributed by atoms with Crippen LogP contribution in [0.1, 0.15) is 5.69 Å². The fraction of sp³-hybridized carbons (Fsp3) is 0.250. The summed E-state index contributed by atoms with van der Waals surface area (Å²) >= 11 is 0. The lowest BCUT2D eigenvalue weighted by Gasteiger charge is -2.27. The Morgan fingerprint density at radius 3 is 2.70 bits per heavy atom. The van der Waals surface area contributed by atoms with Gasteiger partial charge in [0.05, 0.1) is 24.6 Å². The third-order valence-corrected chi connectivity index (χ3v) is 4.22. The minimum Gasteiger partial charge on any atom is -0.508 e. The molecule has 0 radical (unpaired) electrons. The summed E-state index contributed by atoms with van der Waals surface area (Å²) in [4.78, 5) is 15.6. The lowest BCUT2D eigenvalue weighted by molar-refractivity contribution is 0.122. The van der Waals surface area contributed by atoms with Crippen molar-refractivity contribution in [3.63, 3.8) is 0 Å². The second-order valence-electron chi connectivity index (χ2n) is 6.15. The number of ether oxygens (including phenoxy) is 2.